The van der Waals surface area contributed by atoms with Crippen LogP contribution in [0, 0.1) is 0 Å². The van der Waals surface area contributed by atoms with Gasteiger partial charge in [-0.05, 0) is 49.2 Å². The molecule has 3 aromatic carbocycles. The second-order valence-corrected chi connectivity index (χ2v) is 11.5. The van der Waals surface area contributed by atoms with Gasteiger partial charge in [0.25, 0.3) is 0 Å². The molecular weight excluding hydrogens is 536 g/mol. The third-order valence-corrected chi connectivity index (χ3v) is 8.59. The normalized spacial score (nSPS) is 14.6. The van der Waals surface area contributed by atoms with Crippen molar-refractivity contribution in [1.29, 1.82) is 0 Å². The Morgan fingerprint density at radius 2 is 1.59 bits per heavy atom. The van der Waals surface area contributed by atoms with Gasteiger partial charge in [-0.15, -0.1) is 11.6 Å². The van der Waals surface area contributed by atoms with Crippen LogP contribution in [0.4, 0.5) is 17.1 Å². The lowest BCUT2D eigenvalue weighted by atomic mass is 10.1. The Morgan fingerprint density at radius 1 is 0.949 bits per heavy atom. The predicted molar refractivity (Wildman–Crippen MR) is 158 cm³/mol. The number of anilines is 3. The summed E-state index contributed by atoms with van der Waals surface area (Å²) < 4.78 is 35.9. The van der Waals surface area contributed by atoms with E-state index in [4.69, 9.17) is 16.3 Å². The number of benzene rings is 3. The van der Waals surface area contributed by atoms with Gasteiger partial charge in [0.05, 0.1) is 18.5 Å². The topological polar surface area (TPSA) is 91.0 Å². The molecule has 0 radical (unpaired) electrons. The van der Waals surface area contributed by atoms with Gasteiger partial charge in [-0.1, -0.05) is 42.5 Å². The fourth-order valence-corrected chi connectivity index (χ4v) is 6.32. The van der Waals surface area contributed by atoms with Crippen molar-refractivity contribution < 1.29 is 17.9 Å². The van der Waals surface area contributed by atoms with Crippen LogP contribution in [0.25, 0.3) is 0 Å². The smallest absolute Gasteiger partial charge is 0.243 e. The van der Waals surface area contributed by atoms with E-state index < -0.39 is 16.1 Å². The van der Waals surface area contributed by atoms with Crippen LogP contribution in [0.1, 0.15) is 31.4 Å². The predicted octanol–water partition coefficient (Wildman–Crippen LogP) is 5.02. The molecule has 0 aliphatic carbocycles. The second-order valence-electron chi connectivity index (χ2n) is 9.42. The van der Waals surface area contributed by atoms with Crippen LogP contribution in [-0.4, -0.2) is 53.5 Å². The Kier molecular flexibility index (Phi) is 9.72. The molecule has 1 aliphatic heterocycles. The highest BCUT2D eigenvalue weighted by molar-refractivity contribution is 7.89. The van der Waals surface area contributed by atoms with Crippen LogP contribution in [0.3, 0.4) is 0 Å². The minimum atomic E-state index is -3.94. The van der Waals surface area contributed by atoms with E-state index in [0.717, 1.165) is 17.0 Å². The molecule has 1 aliphatic rings. The van der Waals surface area contributed by atoms with Gasteiger partial charge in [-0.3, -0.25) is 4.79 Å². The van der Waals surface area contributed by atoms with Gasteiger partial charge >= 0.3 is 0 Å². The zero-order valence-electron chi connectivity index (χ0n) is 22.3. The molecule has 1 atom stereocenters. The number of hydrogen-bond acceptors (Lipinski definition) is 6. The number of alkyl halides is 1. The summed E-state index contributed by atoms with van der Waals surface area (Å²) in [6.45, 7) is 4.46. The molecule has 39 heavy (non-hydrogen) atoms. The van der Waals surface area contributed by atoms with Crippen molar-refractivity contribution in [2.24, 2.45) is 0 Å². The average molecular weight is 571 g/mol. The number of halogens is 1. The molecule has 0 saturated carbocycles. The standard InChI is InChI=1S/C29H35ClN4O4S/c1-22(23-9-4-3-5-10-23)32-39(36,37)28-21-24(31-29(35)13-8-16-30)14-15-26(28)34-19-17-33(18-20-34)25-11-6-7-12-27(25)38-2/h3-7,9-12,14-15,21-22,32H,8,13,16-20H2,1-2H3,(H,31,35)/t22-/m1/s1. The van der Waals surface area contributed by atoms with Gasteiger partial charge in [0.2, 0.25) is 15.9 Å². The van der Waals surface area contributed by atoms with E-state index in [9.17, 15) is 13.2 Å². The highest BCUT2D eigenvalue weighted by atomic mass is 35.5. The summed E-state index contributed by atoms with van der Waals surface area (Å²) in [5.41, 5.74) is 2.90. The van der Waals surface area contributed by atoms with Crippen LogP contribution in [0.15, 0.2) is 77.7 Å². The molecule has 0 aromatic heterocycles. The van der Waals surface area contributed by atoms with Crippen molar-refractivity contribution in [2.45, 2.75) is 30.7 Å². The monoisotopic (exact) mass is 570 g/mol. The van der Waals surface area contributed by atoms with Crippen molar-refractivity contribution in [3.63, 3.8) is 0 Å². The van der Waals surface area contributed by atoms with Gasteiger partial charge in [-0.25, -0.2) is 13.1 Å². The summed E-state index contributed by atoms with van der Waals surface area (Å²) in [4.78, 5) is 16.8. The first kappa shape index (κ1) is 28.7. The summed E-state index contributed by atoms with van der Waals surface area (Å²) in [5.74, 6) is 0.985. The Labute approximate surface area is 236 Å². The molecule has 10 heteroatoms. The first-order chi connectivity index (χ1) is 18.8. The van der Waals surface area contributed by atoms with Crippen molar-refractivity contribution in [1.82, 2.24) is 4.72 Å². The Balaban J connectivity index is 1.60. The molecule has 2 N–H and O–H groups in total. The van der Waals surface area contributed by atoms with Gasteiger partial charge < -0.3 is 19.9 Å². The zero-order chi connectivity index (χ0) is 27.8. The summed E-state index contributed by atoms with van der Waals surface area (Å²) in [6, 6.07) is 21.9. The number of piperazine rings is 1. The van der Waals surface area contributed by atoms with Crippen molar-refractivity contribution in [3.8, 4) is 5.75 Å². The molecule has 0 unspecified atom stereocenters. The second kappa shape index (κ2) is 13.2. The van der Waals surface area contributed by atoms with E-state index in [1.165, 1.54) is 0 Å². The maximum absolute atomic E-state index is 13.8. The van der Waals surface area contributed by atoms with Gasteiger partial charge in [-0.2, -0.15) is 0 Å². The Bertz CT molecular complexity index is 1360. The summed E-state index contributed by atoms with van der Waals surface area (Å²) in [5, 5.41) is 2.82. The maximum atomic E-state index is 13.8. The number of carbonyl (C=O) groups is 1. The molecule has 8 nitrogen and oxygen atoms in total. The molecule has 1 heterocycles. The van der Waals surface area contributed by atoms with E-state index in [1.807, 2.05) is 61.5 Å². The highest BCUT2D eigenvalue weighted by Crippen LogP contribution is 2.33. The maximum Gasteiger partial charge on any atom is 0.243 e. The zero-order valence-corrected chi connectivity index (χ0v) is 23.8. The van der Waals surface area contributed by atoms with E-state index in [-0.39, 0.29) is 17.2 Å². The molecule has 1 fully saturated rings. The number of methoxy groups -OCH3 is 1. The number of nitrogens with zero attached hydrogens (tertiary/aromatic N) is 2. The number of ether oxygens (including phenoxy) is 1. The number of para-hydroxylation sites is 2. The Morgan fingerprint density at radius 3 is 2.26 bits per heavy atom. The van der Waals surface area contributed by atoms with Crippen molar-refractivity contribution >= 4 is 44.6 Å². The van der Waals surface area contributed by atoms with Gasteiger partial charge in [0.1, 0.15) is 10.6 Å². The first-order valence-corrected chi connectivity index (χ1v) is 15.0. The molecular formula is C29H35ClN4O4S. The SMILES string of the molecule is COc1ccccc1N1CCN(c2ccc(NC(=O)CCCCl)cc2S(=O)(=O)N[C@H](C)c2ccccc2)CC1. The fraction of sp³-hybridized carbons (Fsp3) is 0.345. The third-order valence-electron chi connectivity index (χ3n) is 6.75. The lowest BCUT2D eigenvalue weighted by molar-refractivity contribution is -0.116. The van der Waals surface area contributed by atoms with Gasteiger partial charge in [0.15, 0.2) is 0 Å². The van der Waals surface area contributed by atoms with Crippen LogP contribution in [-0.2, 0) is 14.8 Å². The van der Waals surface area contributed by atoms with E-state index in [2.05, 4.69) is 19.8 Å². The highest BCUT2D eigenvalue weighted by Gasteiger charge is 2.28. The lowest BCUT2D eigenvalue weighted by Crippen LogP contribution is -2.47. The summed E-state index contributed by atoms with van der Waals surface area (Å²) in [7, 11) is -2.28. The van der Waals surface area contributed by atoms with Crippen LogP contribution in [0.2, 0.25) is 0 Å². The van der Waals surface area contributed by atoms with E-state index in [1.54, 1.807) is 25.3 Å². The minimum Gasteiger partial charge on any atom is -0.495 e. The number of sulfonamides is 1. The molecule has 208 valence electrons. The minimum absolute atomic E-state index is 0.131. The number of carbonyl (C=O) groups excluding carboxylic acids is 1. The molecule has 4 rings (SSSR count). The van der Waals surface area contributed by atoms with Crippen LogP contribution in [0.5, 0.6) is 5.75 Å². The van der Waals surface area contributed by atoms with Crippen LogP contribution < -0.4 is 24.6 Å². The van der Waals surface area contributed by atoms with E-state index >= 15 is 0 Å². The number of rotatable bonds is 11. The lowest BCUT2D eigenvalue weighted by Gasteiger charge is -2.38. The molecule has 0 bridgehead atoms. The largest absolute Gasteiger partial charge is 0.495 e. The number of hydrogen-bond donors (Lipinski definition) is 2. The quantitative estimate of drug-likeness (QED) is 0.315. The molecule has 0 spiro atoms. The average Bonchev–Trinajstić information content (AvgIpc) is 2.96. The summed E-state index contributed by atoms with van der Waals surface area (Å²) in [6.07, 6.45) is 0.810. The van der Waals surface area contributed by atoms with Gasteiger partial charge in [0, 0.05) is 50.2 Å². The molecule has 3 aromatic rings. The Hall–Kier alpha value is -3.27. The van der Waals surface area contributed by atoms with E-state index in [0.29, 0.717) is 49.9 Å². The number of nitrogens with one attached hydrogen (secondary N) is 2. The summed E-state index contributed by atoms with van der Waals surface area (Å²) >= 11 is 5.72. The van der Waals surface area contributed by atoms with Crippen molar-refractivity contribution in [3.05, 3.63) is 78.4 Å². The molecule has 1 amide bonds. The van der Waals surface area contributed by atoms with Crippen LogP contribution >= 0.6 is 11.6 Å². The third kappa shape index (κ3) is 7.23. The first-order valence-electron chi connectivity index (χ1n) is 13.0. The fourth-order valence-electron chi connectivity index (χ4n) is 4.70. The molecule has 1 saturated heterocycles. The van der Waals surface area contributed by atoms with Crippen molar-refractivity contribution in [2.75, 3.05) is 54.3 Å². The number of amides is 1.